The van der Waals surface area contributed by atoms with Crippen LogP contribution >= 0.6 is 0 Å². The lowest BCUT2D eigenvalue weighted by molar-refractivity contribution is -0.144. The lowest BCUT2D eigenvalue weighted by Crippen LogP contribution is -2.39. The number of aryl methyl sites for hydroxylation is 2. The Bertz CT molecular complexity index is 1090. The molecule has 0 saturated carbocycles. The summed E-state index contributed by atoms with van der Waals surface area (Å²) in [5.74, 6) is -0.504. The molecule has 1 fully saturated rings. The number of esters is 1. The first kappa shape index (κ1) is 19.3. The average Bonchev–Trinajstić information content (AvgIpc) is 3.14. The molecular formula is C16H22N4O6S. The Hall–Kier alpha value is -2.43. The van der Waals surface area contributed by atoms with Gasteiger partial charge in [-0.05, 0) is 18.8 Å². The lowest BCUT2D eigenvalue weighted by atomic mass is 10.1. The number of hydrogen-bond acceptors (Lipinski definition) is 7. The Balaban J connectivity index is 1.58. The minimum Gasteiger partial charge on any atom is -0.466 e. The molecule has 0 amide bonds. The molecule has 1 saturated heterocycles. The van der Waals surface area contributed by atoms with Gasteiger partial charge in [0.15, 0.2) is 21.0 Å². The van der Waals surface area contributed by atoms with Crippen molar-refractivity contribution in [2.75, 3.05) is 18.1 Å². The molecule has 0 aliphatic carbocycles. The minimum absolute atomic E-state index is 0.0260. The minimum atomic E-state index is -3.02. The van der Waals surface area contributed by atoms with Gasteiger partial charge in [0.05, 0.1) is 24.4 Å². The summed E-state index contributed by atoms with van der Waals surface area (Å²) in [5, 5.41) is 0. The standard InChI is InChI=1S/C16H22N4O6S/c1-18-10-17-14-13(18)15(22)20(16(23)19(14)2)5-3-6-26-12(21)8-11-4-7-27(24,25)9-11/h10-11H,3-9H2,1-2H3. The van der Waals surface area contributed by atoms with Gasteiger partial charge in [0.1, 0.15) is 0 Å². The van der Waals surface area contributed by atoms with Crippen molar-refractivity contribution in [1.82, 2.24) is 18.7 Å². The number of carbonyl (C=O) groups is 1. The third kappa shape index (κ3) is 3.97. The van der Waals surface area contributed by atoms with E-state index < -0.39 is 27.1 Å². The summed E-state index contributed by atoms with van der Waals surface area (Å²) in [6.45, 7) is 0.162. The largest absolute Gasteiger partial charge is 0.466 e. The third-order valence-electron chi connectivity index (χ3n) is 4.77. The van der Waals surface area contributed by atoms with Gasteiger partial charge in [0.2, 0.25) is 0 Å². The highest BCUT2D eigenvalue weighted by atomic mass is 32.2. The molecule has 1 aliphatic rings. The molecule has 3 heterocycles. The molecule has 1 unspecified atom stereocenters. The Labute approximate surface area is 155 Å². The van der Waals surface area contributed by atoms with Crippen molar-refractivity contribution in [2.45, 2.75) is 25.8 Å². The van der Waals surface area contributed by atoms with E-state index in [0.717, 1.165) is 4.57 Å². The number of nitrogens with zero attached hydrogens (tertiary/aromatic N) is 4. The molecule has 11 heteroatoms. The van der Waals surface area contributed by atoms with Crippen molar-refractivity contribution < 1.29 is 17.9 Å². The maximum Gasteiger partial charge on any atom is 0.332 e. The highest BCUT2D eigenvalue weighted by Gasteiger charge is 2.29. The van der Waals surface area contributed by atoms with E-state index in [-0.39, 0.29) is 37.0 Å². The van der Waals surface area contributed by atoms with Crippen LogP contribution in [0.5, 0.6) is 0 Å². The second-order valence-corrected chi connectivity index (χ2v) is 9.10. The Morgan fingerprint density at radius 3 is 2.74 bits per heavy atom. The number of ether oxygens (including phenoxy) is 1. The first-order chi connectivity index (χ1) is 12.7. The van der Waals surface area contributed by atoms with Crippen LogP contribution < -0.4 is 11.2 Å². The van der Waals surface area contributed by atoms with E-state index in [1.54, 1.807) is 18.7 Å². The fourth-order valence-electron chi connectivity index (χ4n) is 3.33. The lowest BCUT2D eigenvalue weighted by Gasteiger charge is -2.10. The van der Waals surface area contributed by atoms with Gasteiger partial charge in [-0.2, -0.15) is 0 Å². The summed E-state index contributed by atoms with van der Waals surface area (Å²) in [6, 6.07) is 0. The topological polar surface area (TPSA) is 122 Å². The van der Waals surface area contributed by atoms with Gasteiger partial charge in [-0.15, -0.1) is 0 Å². The van der Waals surface area contributed by atoms with Gasteiger partial charge >= 0.3 is 11.7 Å². The van der Waals surface area contributed by atoms with Crippen molar-refractivity contribution in [3.63, 3.8) is 0 Å². The molecule has 27 heavy (non-hydrogen) atoms. The summed E-state index contributed by atoms with van der Waals surface area (Å²) >= 11 is 0. The van der Waals surface area contributed by atoms with E-state index in [2.05, 4.69) is 4.98 Å². The summed E-state index contributed by atoms with van der Waals surface area (Å²) in [7, 11) is 0.199. The van der Waals surface area contributed by atoms with E-state index >= 15 is 0 Å². The van der Waals surface area contributed by atoms with Crippen LogP contribution in [0.4, 0.5) is 0 Å². The second kappa shape index (κ2) is 7.29. The van der Waals surface area contributed by atoms with Gasteiger partial charge in [0, 0.05) is 27.1 Å². The normalized spacial score (nSPS) is 18.8. The number of hydrogen-bond donors (Lipinski definition) is 0. The average molecular weight is 398 g/mol. The van der Waals surface area contributed by atoms with Crippen LogP contribution in [0.15, 0.2) is 15.9 Å². The molecule has 2 aromatic rings. The van der Waals surface area contributed by atoms with Crippen molar-refractivity contribution in [3.8, 4) is 0 Å². The summed E-state index contributed by atoms with van der Waals surface area (Å²) in [5.41, 5.74) is -0.262. The predicted molar refractivity (Wildman–Crippen MR) is 97.2 cm³/mol. The second-order valence-electron chi connectivity index (χ2n) is 6.87. The van der Waals surface area contributed by atoms with Crippen LogP contribution in [0.2, 0.25) is 0 Å². The summed E-state index contributed by atoms with van der Waals surface area (Å²) in [4.78, 5) is 40.8. The highest BCUT2D eigenvalue weighted by molar-refractivity contribution is 7.91. The van der Waals surface area contributed by atoms with Gasteiger partial charge < -0.3 is 9.30 Å². The number of sulfone groups is 1. The SMILES string of the molecule is Cn1cnc2c1c(=O)n(CCCOC(=O)CC1CCS(=O)(=O)C1)c(=O)n2C. The number of fused-ring (bicyclic) bond motifs is 1. The van der Waals surface area contributed by atoms with E-state index in [0.29, 0.717) is 24.0 Å². The van der Waals surface area contributed by atoms with Crippen LogP contribution in [0.25, 0.3) is 11.2 Å². The monoisotopic (exact) mass is 398 g/mol. The molecule has 0 bridgehead atoms. The smallest absolute Gasteiger partial charge is 0.332 e. The maximum atomic E-state index is 12.5. The van der Waals surface area contributed by atoms with Crippen molar-refractivity contribution in [1.29, 1.82) is 0 Å². The first-order valence-electron chi connectivity index (χ1n) is 8.66. The van der Waals surface area contributed by atoms with Crippen LogP contribution in [-0.4, -0.2) is 51.2 Å². The number of carbonyl (C=O) groups excluding carboxylic acids is 1. The van der Waals surface area contributed by atoms with E-state index in [9.17, 15) is 22.8 Å². The zero-order valence-electron chi connectivity index (χ0n) is 15.3. The summed E-state index contributed by atoms with van der Waals surface area (Å²) < 4.78 is 31.9. The Kier molecular flexibility index (Phi) is 5.22. The zero-order chi connectivity index (χ0) is 19.8. The van der Waals surface area contributed by atoms with Crippen molar-refractivity contribution in [3.05, 3.63) is 27.2 Å². The van der Waals surface area contributed by atoms with Gasteiger partial charge in [-0.3, -0.25) is 18.7 Å². The van der Waals surface area contributed by atoms with Gasteiger partial charge in [-0.25, -0.2) is 18.2 Å². The summed E-state index contributed by atoms with van der Waals surface area (Å²) in [6.07, 6.45) is 2.32. The molecule has 1 atom stereocenters. The first-order valence-corrected chi connectivity index (χ1v) is 10.5. The van der Waals surface area contributed by atoms with Gasteiger partial charge in [-0.1, -0.05) is 0 Å². The Morgan fingerprint density at radius 1 is 1.33 bits per heavy atom. The predicted octanol–water partition coefficient (Wildman–Crippen LogP) is -0.808. The molecule has 0 radical (unpaired) electrons. The van der Waals surface area contributed by atoms with Crippen molar-refractivity contribution in [2.24, 2.45) is 20.0 Å². The van der Waals surface area contributed by atoms with Crippen LogP contribution in [0, 0.1) is 5.92 Å². The van der Waals surface area contributed by atoms with Crippen LogP contribution in [0.3, 0.4) is 0 Å². The molecule has 10 nitrogen and oxygen atoms in total. The number of aromatic nitrogens is 4. The molecule has 0 spiro atoms. The highest BCUT2D eigenvalue weighted by Crippen LogP contribution is 2.21. The van der Waals surface area contributed by atoms with Crippen LogP contribution in [-0.2, 0) is 40.0 Å². The van der Waals surface area contributed by atoms with Crippen LogP contribution in [0.1, 0.15) is 19.3 Å². The van der Waals surface area contributed by atoms with E-state index in [4.69, 9.17) is 4.74 Å². The van der Waals surface area contributed by atoms with Gasteiger partial charge in [0.25, 0.3) is 5.56 Å². The fraction of sp³-hybridized carbons (Fsp3) is 0.625. The number of rotatable bonds is 6. The Morgan fingerprint density at radius 2 is 2.07 bits per heavy atom. The zero-order valence-corrected chi connectivity index (χ0v) is 16.1. The van der Waals surface area contributed by atoms with Crippen molar-refractivity contribution >= 4 is 27.0 Å². The molecular weight excluding hydrogens is 376 g/mol. The molecule has 0 N–H and O–H groups in total. The quantitative estimate of drug-likeness (QED) is 0.461. The van der Waals surface area contributed by atoms with E-state index in [1.165, 1.54) is 10.9 Å². The number of imidazole rings is 1. The maximum absolute atomic E-state index is 12.5. The molecule has 2 aromatic heterocycles. The fourth-order valence-corrected chi connectivity index (χ4v) is 5.19. The molecule has 148 valence electrons. The molecule has 1 aliphatic heterocycles. The third-order valence-corrected chi connectivity index (χ3v) is 6.61. The molecule has 3 rings (SSSR count). The van der Waals surface area contributed by atoms with E-state index in [1.807, 2.05) is 0 Å². The molecule has 0 aromatic carbocycles.